The quantitative estimate of drug-likeness (QED) is 0.345. The minimum absolute atomic E-state index is 0.00824. The van der Waals surface area contributed by atoms with Crippen molar-refractivity contribution < 1.29 is 19.2 Å². The molecule has 0 saturated carbocycles. The molecule has 0 bridgehead atoms. The molecule has 1 aliphatic rings. The van der Waals surface area contributed by atoms with Crippen molar-refractivity contribution in [1.29, 1.82) is 0 Å². The standard InChI is InChI=1S/C17H15N3O5/c1-19-8-7-18-17(19)14(21)10-13(15-5-6-16(22)25-15)11-3-2-4-12(9-11)20(23)24/h2-9,13,15H,10H2,1H3/t13-,15-/m1/s1. The summed E-state index contributed by atoms with van der Waals surface area (Å²) >= 11 is 0. The molecular weight excluding hydrogens is 326 g/mol. The van der Waals surface area contributed by atoms with Crippen molar-refractivity contribution in [1.82, 2.24) is 9.55 Å². The first-order valence-corrected chi connectivity index (χ1v) is 7.59. The van der Waals surface area contributed by atoms with Crippen molar-refractivity contribution in [2.45, 2.75) is 18.4 Å². The van der Waals surface area contributed by atoms with Crippen LogP contribution >= 0.6 is 0 Å². The normalized spacial score (nSPS) is 17.3. The summed E-state index contributed by atoms with van der Waals surface area (Å²) in [7, 11) is 1.71. The number of nitro groups is 1. The maximum absolute atomic E-state index is 12.6. The molecule has 0 spiro atoms. The Labute approximate surface area is 142 Å². The van der Waals surface area contributed by atoms with Crippen LogP contribution in [0.1, 0.15) is 28.5 Å². The minimum atomic E-state index is -0.654. The largest absolute Gasteiger partial charge is 0.454 e. The van der Waals surface area contributed by atoms with Crippen LogP contribution in [0.3, 0.4) is 0 Å². The second kappa shape index (κ2) is 6.68. The lowest BCUT2D eigenvalue weighted by molar-refractivity contribution is -0.384. The number of cyclic esters (lactones) is 1. The van der Waals surface area contributed by atoms with E-state index in [4.69, 9.17) is 4.74 Å². The van der Waals surface area contributed by atoms with Crippen molar-refractivity contribution in [2.75, 3.05) is 0 Å². The predicted octanol–water partition coefficient (Wildman–Crippen LogP) is 2.17. The van der Waals surface area contributed by atoms with Crippen LogP contribution in [-0.2, 0) is 16.6 Å². The van der Waals surface area contributed by atoms with Gasteiger partial charge < -0.3 is 9.30 Å². The Morgan fingerprint density at radius 3 is 2.88 bits per heavy atom. The number of ether oxygens (including phenoxy) is 1. The molecule has 2 aromatic rings. The monoisotopic (exact) mass is 341 g/mol. The highest BCUT2D eigenvalue weighted by Crippen LogP contribution is 2.32. The van der Waals surface area contributed by atoms with Gasteiger partial charge in [0.1, 0.15) is 6.10 Å². The van der Waals surface area contributed by atoms with Crippen LogP contribution in [0.25, 0.3) is 0 Å². The molecule has 3 rings (SSSR count). The molecule has 0 N–H and O–H groups in total. The van der Waals surface area contributed by atoms with Crippen molar-refractivity contribution in [2.24, 2.45) is 7.05 Å². The topological polar surface area (TPSA) is 104 Å². The van der Waals surface area contributed by atoms with E-state index in [9.17, 15) is 19.7 Å². The zero-order valence-corrected chi connectivity index (χ0v) is 13.4. The Morgan fingerprint density at radius 1 is 1.48 bits per heavy atom. The number of ketones is 1. The molecule has 0 fully saturated rings. The third-order valence-electron chi connectivity index (χ3n) is 4.06. The van der Waals surface area contributed by atoms with E-state index in [-0.39, 0.29) is 23.7 Å². The number of rotatable bonds is 6. The number of aryl methyl sites for hydroxylation is 1. The molecular formula is C17H15N3O5. The number of nitro benzene ring substituents is 1. The van der Waals surface area contributed by atoms with Gasteiger partial charge in [-0.05, 0) is 11.6 Å². The van der Waals surface area contributed by atoms with Gasteiger partial charge in [-0.2, -0.15) is 0 Å². The van der Waals surface area contributed by atoms with Crippen LogP contribution in [0.4, 0.5) is 5.69 Å². The first-order valence-electron chi connectivity index (χ1n) is 7.59. The Hall–Kier alpha value is -3.29. The Bertz CT molecular complexity index is 871. The van der Waals surface area contributed by atoms with E-state index in [1.807, 2.05) is 0 Å². The number of imidazole rings is 1. The second-order valence-corrected chi connectivity index (χ2v) is 5.71. The number of non-ortho nitro benzene ring substituents is 1. The zero-order valence-electron chi connectivity index (χ0n) is 13.4. The maximum Gasteiger partial charge on any atom is 0.331 e. The van der Waals surface area contributed by atoms with Gasteiger partial charge in [0.05, 0.1) is 4.92 Å². The highest BCUT2D eigenvalue weighted by molar-refractivity contribution is 5.93. The lowest BCUT2D eigenvalue weighted by atomic mass is 9.88. The third kappa shape index (κ3) is 3.47. The summed E-state index contributed by atoms with van der Waals surface area (Å²) in [5.74, 6) is -0.985. The van der Waals surface area contributed by atoms with Crippen LogP contribution in [-0.4, -0.2) is 32.3 Å². The van der Waals surface area contributed by atoms with Crippen LogP contribution in [0.5, 0.6) is 0 Å². The molecule has 8 nitrogen and oxygen atoms in total. The van der Waals surface area contributed by atoms with Gasteiger partial charge in [-0.1, -0.05) is 12.1 Å². The maximum atomic E-state index is 12.6. The number of hydrogen-bond donors (Lipinski definition) is 0. The first-order chi connectivity index (χ1) is 12.0. The van der Waals surface area contributed by atoms with Gasteiger partial charge >= 0.3 is 5.97 Å². The van der Waals surface area contributed by atoms with Gasteiger partial charge in [0.15, 0.2) is 11.6 Å². The molecule has 0 aliphatic carbocycles. The summed E-state index contributed by atoms with van der Waals surface area (Å²) in [4.78, 5) is 38.6. The van der Waals surface area contributed by atoms with E-state index in [0.29, 0.717) is 5.56 Å². The average molecular weight is 341 g/mol. The molecule has 2 heterocycles. The average Bonchev–Trinajstić information content (AvgIpc) is 3.21. The molecule has 25 heavy (non-hydrogen) atoms. The molecule has 128 valence electrons. The SMILES string of the molecule is Cn1ccnc1C(=O)C[C@H](c1cccc([N+](=O)[O-])c1)[C@H]1C=CC(=O)O1. The number of esters is 1. The van der Waals surface area contributed by atoms with Crippen LogP contribution in [0.2, 0.25) is 0 Å². The summed E-state index contributed by atoms with van der Waals surface area (Å²) in [5.41, 5.74) is 0.473. The highest BCUT2D eigenvalue weighted by Gasteiger charge is 2.31. The summed E-state index contributed by atoms with van der Waals surface area (Å²) in [6, 6.07) is 6.00. The highest BCUT2D eigenvalue weighted by atomic mass is 16.6. The fourth-order valence-electron chi connectivity index (χ4n) is 2.82. The van der Waals surface area contributed by atoms with Crippen molar-refractivity contribution in [3.63, 3.8) is 0 Å². The van der Waals surface area contributed by atoms with Gasteiger partial charge in [0.2, 0.25) is 0 Å². The fourth-order valence-corrected chi connectivity index (χ4v) is 2.82. The number of aromatic nitrogens is 2. The van der Waals surface area contributed by atoms with Gasteiger partial charge in [-0.15, -0.1) is 0 Å². The number of carbonyl (C=O) groups excluding carboxylic acids is 2. The van der Waals surface area contributed by atoms with Gasteiger partial charge in [0, 0.05) is 50.0 Å². The molecule has 0 amide bonds. The Morgan fingerprint density at radius 2 is 2.28 bits per heavy atom. The first kappa shape index (κ1) is 16.6. The fraction of sp³-hybridized carbons (Fsp3) is 0.235. The molecule has 1 aromatic heterocycles. The molecule has 0 radical (unpaired) electrons. The predicted molar refractivity (Wildman–Crippen MR) is 87.0 cm³/mol. The lowest BCUT2D eigenvalue weighted by Gasteiger charge is -2.21. The van der Waals surface area contributed by atoms with Crippen LogP contribution in [0, 0.1) is 10.1 Å². The third-order valence-corrected chi connectivity index (χ3v) is 4.06. The van der Waals surface area contributed by atoms with E-state index in [2.05, 4.69) is 4.98 Å². The number of Topliss-reactive ketones (excluding diaryl/α,β-unsaturated/α-hetero) is 1. The molecule has 0 unspecified atom stereocenters. The van der Waals surface area contributed by atoms with Gasteiger partial charge in [-0.25, -0.2) is 9.78 Å². The summed E-state index contributed by atoms with van der Waals surface area (Å²) in [5, 5.41) is 11.0. The number of hydrogen-bond acceptors (Lipinski definition) is 6. The van der Waals surface area contributed by atoms with Crippen LogP contribution < -0.4 is 0 Å². The van der Waals surface area contributed by atoms with E-state index >= 15 is 0 Å². The van der Waals surface area contributed by atoms with E-state index in [1.165, 1.54) is 24.4 Å². The summed E-state index contributed by atoms with van der Waals surface area (Å²) < 4.78 is 6.83. The van der Waals surface area contributed by atoms with Crippen LogP contribution in [0.15, 0.2) is 48.8 Å². The van der Waals surface area contributed by atoms with Crippen molar-refractivity contribution >= 4 is 17.4 Å². The Balaban J connectivity index is 1.93. The minimum Gasteiger partial charge on any atom is -0.454 e. The van der Waals surface area contributed by atoms with Crippen molar-refractivity contribution in [3.8, 4) is 0 Å². The van der Waals surface area contributed by atoms with E-state index in [1.54, 1.807) is 36.0 Å². The Kier molecular flexibility index (Phi) is 4.42. The number of carbonyl (C=O) groups is 2. The van der Waals surface area contributed by atoms with E-state index < -0.39 is 22.9 Å². The van der Waals surface area contributed by atoms with E-state index in [0.717, 1.165) is 0 Å². The second-order valence-electron chi connectivity index (χ2n) is 5.71. The summed E-state index contributed by atoms with van der Waals surface area (Å²) in [6.45, 7) is 0. The van der Waals surface area contributed by atoms with Crippen molar-refractivity contribution in [3.05, 3.63) is 70.3 Å². The van der Waals surface area contributed by atoms with Gasteiger partial charge in [-0.3, -0.25) is 14.9 Å². The molecule has 1 aliphatic heterocycles. The summed E-state index contributed by atoms with van der Waals surface area (Å²) in [6.07, 6.45) is 5.39. The molecule has 2 atom stereocenters. The van der Waals surface area contributed by atoms with Gasteiger partial charge in [0.25, 0.3) is 5.69 Å². The number of nitrogens with zero attached hydrogens (tertiary/aromatic N) is 3. The lowest BCUT2D eigenvalue weighted by Crippen LogP contribution is -2.23. The molecule has 8 heteroatoms. The molecule has 1 aromatic carbocycles. The zero-order chi connectivity index (χ0) is 18.0. The molecule has 0 saturated heterocycles. The number of benzene rings is 1. The smallest absolute Gasteiger partial charge is 0.331 e.